The molecular formula is C30H44O8. The maximum atomic E-state index is 13.5. The molecule has 0 amide bonds. The number of aliphatic hydroxyl groups is 3. The van der Waals surface area contributed by atoms with Crippen LogP contribution in [0.3, 0.4) is 0 Å². The lowest BCUT2D eigenvalue weighted by Crippen LogP contribution is -2.72. The van der Waals surface area contributed by atoms with E-state index in [0.29, 0.717) is 18.4 Å². The van der Waals surface area contributed by atoms with Gasteiger partial charge in [-0.1, -0.05) is 65.0 Å². The van der Waals surface area contributed by atoms with Gasteiger partial charge < -0.3 is 34.3 Å². The molecule has 3 saturated heterocycles. The van der Waals surface area contributed by atoms with Gasteiger partial charge in [0.2, 0.25) is 0 Å². The smallest absolute Gasteiger partial charge is 0.284 e. The molecule has 3 N–H and O–H groups in total. The van der Waals surface area contributed by atoms with Gasteiger partial charge in [0.15, 0.2) is 11.4 Å². The van der Waals surface area contributed by atoms with Gasteiger partial charge >= 0.3 is 0 Å². The van der Waals surface area contributed by atoms with Gasteiger partial charge in [-0.15, -0.1) is 0 Å². The first kappa shape index (κ1) is 27.1. The molecule has 0 aromatic carbocycles. The van der Waals surface area contributed by atoms with Gasteiger partial charge in [0, 0.05) is 18.3 Å². The fourth-order valence-corrected chi connectivity index (χ4v) is 8.83. The summed E-state index contributed by atoms with van der Waals surface area (Å²) in [4.78, 5) is 13.5. The zero-order valence-electron chi connectivity index (χ0n) is 23.2. The topological polar surface area (TPSA) is 118 Å². The Kier molecular flexibility index (Phi) is 6.18. The standard InChI is InChI=1S/C30H44O8/c1-6-7-8-9-10-11-12-13-28-36-23-21-24-27(16-31,35-24)25(33)29(34)20(14-18(4)22(29)32)30(21,38-28)19(5)15-26(23,37-28)17(2)3/h14,19-21,23-25,31,33-34H,2,6-13,15-16H2,1,3-5H3/t19-,20-,21?,23+,24+,25?,26-,27?,28?,29?,30+/m1/s1. The van der Waals surface area contributed by atoms with Crippen molar-refractivity contribution in [3.05, 3.63) is 23.8 Å². The Bertz CT molecular complexity index is 1060. The van der Waals surface area contributed by atoms with Gasteiger partial charge in [-0.2, -0.15) is 0 Å². The largest absolute Gasteiger partial charge is 0.393 e. The Labute approximate surface area is 225 Å². The quantitative estimate of drug-likeness (QED) is 0.223. The lowest BCUT2D eigenvalue weighted by atomic mass is 9.54. The van der Waals surface area contributed by atoms with E-state index in [1.165, 1.54) is 25.7 Å². The van der Waals surface area contributed by atoms with Gasteiger partial charge in [0.1, 0.15) is 29.5 Å². The third kappa shape index (κ3) is 3.14. The minimum atomic E-state index is -2.18. The Morgan fingerprint density at radius 1 is 1.11 bits per heavy atom. The van der Waals surface area contributed by atoms with Crippen LogP contribution >= 0.6 is 0 Å². The van der Waals surface area contributed by atoms with Crippen molar-refractivity contribution >= 4 is 5.78 Å². The molecule has 6 aliphatic rings. The third-order valence-electron chi connectivity index (χ3n) is 10.8. The van der Waals surface area contributed by atoms with Gasteiger partial charge in [-0.25, -0.2) is 0 Å². The summed E-state index contributed by atoms with van der Waals surface area (Å²) < 4.78 is 26.7. The predicted molar refractivity (Wildman–Crippen MR) is 138 cm³/mol. The van der Waals surface area contributed by atoms with Crippen molar-refractivity contribution in [2.75, 3.05) is 6.61 Å². The van der Waals surface area contributed by atoms with Crippen LogP contribution in [0.4, 0.5) is 0 Å². The number of ether oxygens (including phenoxy) is 4. The first-order chi connectivity index (χ1) is 18.0. The summed E-state index contributed by atoms with van der Waals surface area (Å²) in [6, 6.07) is 0. The highest BCUT2D eigenvalue weighted by Gasteiger charge is 2.88. The number of ketones is 1. The number of fused-ring (bicyclic) bond motifs is 3. The molecule has 3 bridgehead atoms. The Morgan fingerprint density at radius 3 is 2.45 bits per heavy atom. The van der Waals surface area contributed by atoms with E-state index in [-0.39, 0.29) is 5.92 Å². The number of unbranched alkanes of at least 4 members (excludes halogenated alkanes) is 6. The Morgan fingerprint density at radius 2 is 1.79 bits per heavy atom. The second-order valence-electron chi connectivity index (χ2n) is 13.0. The molecule has 6 rings (SSSR count). The number of epoxide rings is 1. The van der Waals surface area contributed by atoms with E-state index in [1.807, 2.05) is 6.92 Å². The minimum Gasteiger partial charge on any atom is -0.393 e. The summed E-state index contributed by atoms with van der Waals surface area (Å²) in [6.45, 7) is 11.7. The maximum absolute atomic E-state index is 13.5. The number of Topliss-reactive ketones (excluding diaryl/α,β-unsaturated/α-hetero) is 1. The minimum absolute atomic E-state index is 0.183. The summed E-state index contributed by atoms with van der Waals surface area (Å²) in [7, 11) is 0. The normalized spacial score (nSPS) is 51.8. The molecule has 38 heavy (non-hydrogen) atoms. The molecule has 0 radical (unpaired) electrons. The number of hydrogen-bond acceptors (Lipinski definition) is 8. The van der Waals surface area contributed by atoms with Crippen LogP contribution in [-0.2, 0) is 23.7 Å². The number of aliphatic hydroxyl groups excluding tert-OH is 2. The first-order valence-electron chi connectivity index (χ1n) is 14.7. The van der Waals surface area contributed by atoms with Crippen molar-refractivity contribution in [1.82, 2.24) is 0 Å². The zero-order chi connectivity index (χ0) is 27.3. The van der Waals surface area contributed by atoms with Crippen LogP contribution in [0, 0.1) is 17.8 Å². The Balaban J connectivity index is 1.41. The SMILES string of the molecule is C=C(C)[C@]12C[C@@H](C)[C@@]34OC(CCCCCCCCC)(O[C@H]1C3[C@@H]1OC1(CO)C(O)C1(O)C(=O)C(C)=C[C@H]14)O2. The lowest BCUT2D eigenvalue weighted by molar-refractivity contribution is -0.430. The molecule has 2 saturated carbocycles. The molecule has 0 aromatic rings. The summed E-state index contributed by atoms with van der Waals surface area (Å²) in [6.07, 6.45) is 7.99. The third-order valence-corrected chi connectivity index (χ3v) is 10.8. The highest BCUT2D eigenvalue weighted by Crippen LogP contribution is 2.73. The van der Waals surface area contributed by atoms with Crippen molar-refractivity contribution < 1.29 is 39.1 Å². The predicted octanol–water partition coefficient (Wildman–Crippen LogP) is 3.32. The van der Waals surface area contributed by atoms with E-state index < -0.39 is 70.9 Å². The van der Waals surface area contributed by atoms with Crippen LogP contribution in [0.1, 0.15) is 85.5 Å². The number of rotatable bonds is 10. The number of hydrogen-bond donors (Lipinski definition) is 3. The monoisotopic (exact) mass is 532 g/mol. The van der Waals surface area contributed by atoms with Crippen molar-refractivity contribution in [3.63, 3.8) is 0 Å². The Hall–Kier alpha value is -1.13. The summed E-state index contributed by atoms with van der Waals surface area (Å²) in [5.41, 5.74) is -4.36. The molecule has 8 heteroatoms. The van der Waals surface area contributed by atoms with Gasteiger partial charge in [-0.3, -0.25) is 4.79 Å². The maximum Gasteiger partial charge on any atom is 0.284 e. The average Bonchev–Trinajstić information content (AvgIpc) is 3.52. The van der Waals surface area contributed by atoms with E-state index in [4.69, 9.17) is 18.9 Å². The fraction of sp³-hybridized carbons (Fsp3) is 0.833. The molecule has 212 valence electrons. The van der Waals surface area contributed by atoms with Crippen LogP contribution in [0.15, 0.2) is 23.8 Å². The second kappa shape index (κ2) is 8.68. The summed E-state index contributed by atoms with van der Waals surface area (Å²) in [5.74, 6) is -3.38. The van der Waals surface area contributed by atoms with Crippen LogP contribution in [0.2, 0.25) is 0 Å². The molecule has 3 aliphatic heterocycles. The molecule has 3 heterocycles. The van der Waals surface area contributed by atoms with Crippen LogP contribution in [0.25, 0.3) is 0 Å². The number of carbonyl (C=O) groups excluding carboxylic acids is 1. The average molecular weight is 533 g/mol. The van der Waals surface area contributed by atoms with Gasteiger partial charge in [0.05, 0.1) is 12.2 Å². The van der Waals surface area contributed by atoms with E-state index in [2.05, 4.69) is 20.4 Å². The van der Waals surface area contributed by atoms with Crippen molar-refractivity contribution in [2.24, 2.45) is 17.8 Å². The van der Waals surface area contributed by atoms with Crippen molar-refractivity contribution in [1.29, 1.82) is 0 Å². The molecule has 8 nitrogen and oxygen atoms in total. The molecule has 3 aliphatic carbocycles. The fourth-order valence-electron chi connectivity index (χ4n) is 8.83. The van der Waals surface area contributed by atoms with Crippen LogP contribution < -0.4 is 0 Å². The highest BCUT2D eigenvalue weighted by atomic mass is 16.9. The highest BCUT2D eigenvalue weighted by molar-refractivity contribution is 6.05. The lowest BCUT2D eigenvalue weighted by Gasteiger charge is -2.59. The molecule has 0 spiro atoms. The summed E-state index contributed by atoms with van der Waals surface area (Å²) in [5, 5.41) is 34.1. The zero-order valence-corrected chi connectivity index (χ0v) is 23.2. The molecule has 0 aromatic heterocycles. The van der Waals surface area contributed by atoms with Crippen molar-refractivity contribution in [3.8, 4) is 0 Å². The van der Waals surface area contributed by atoms with Crippen molar-refractivity contribution in [2.45, 2.75) is 132 Å². The number of carbonyl (C=O) groups is 1. The van der Waals surface area contributed by atoms with E-state index in [1.54, 1.807) is 13.0 Å². The molecule has 5 fully saturated rings. The van der Waals surface area contributed by atoms with E-state index in [9.17, 15) is 20.1 Å². The first-order valence-corrected chi connectivity index (χ1v) is 14.7. The second-order valence-corrected chi connectivity index (χ2v) is 13.0. The molecule has 11 atom stereocenters. The summed E-state index contributed by atoms with van der Waals surface area (Å²) >= 11 is 0. The van der Waals surface area contributed by atoms with E-state index in [0.717, 1.165) is 24.8 Å². The van der Waals surface area contributed by atoms with Gasteiger partial charge in [-0.05, 0) is 43.8 Å². The van der Waals surface area contributed by atoms with Crippen LogP contribution in [0.5, 0.6) is 0 Å². The molecular weight excluding hydrogens is 488 g/mol. The van der Waals surface area contributed by atoms with Gasteiger partial charge in [0.25, 0.3) is 5.97 Å². The van der Waals surface area contributed by atoms with Crippen LogP contribution in [-0.4, -0.2) is 74.4 Å². The molecule has 5 unspecified atom stereocenters. The van der Waals surface area contributed by atoms with E-state index >= 15 is 0 Å².